The van der Waals surface area contributed by atoms with Gasteiger partial charge in [-0.2, -0.15) is 11.8 Å². The number of carboxylic acid groups (broad SMARTS) is 1. The van der Waals surface area contributed by atoms with Crippen LogP contribution < -0.4 is 5.32 Å². The van der Waals surface area contributed by atoms with Crippen molar-refractivity contribution in [1.29, 1.82) is 0 Å². The van der Waals surface area contributed by atoms with Crippen molar-refractivity contribution in [2.75, 3.05) is 18.1 Å². The van der Waals surface area contributed by atoms with E-state index in [2.05, 4.69) is 5.32 Å². The van der Waals surface area contributed by atoms with Crippen LogP contribution >= 0.6 is 11.8 Å². The lowest BCUT2D eigenvalue weighted by atomic mass is 10.1. The molecule has 3 nitrogen and oxygen atoms in total. The van der Waals surface area contributed by atoms with Crippen LogP contribution in [0.2, 0.25) is 0 Å². The molecular formula is C9H17NO2S. The van der Waals surface area contributed by atoms with Gasteiger partial charge < -0.3 is 10.4 Å². The molecule has 0 aliphatic carbocycles. The van der Waals surface area contributed by atoms with Gasteiger partial charge in [0.2, 0.25) is 0 Å². The summed E-state index contributed by atoms with van der Waals surface area (Å²) in [6, 6.07) is 0.634. The van der Waals surface area contributed by atoms with Crippen molar-refractivity contribution in [1.82, 2.24) is 5.32 Å². The molecule has 0 spiro atoms. The van der Waals surface area contributed by atoms with E-state index in [4.69, 9.17) is 5.11 Å². The Kier molecular flexibility index (Phi) is 5.23. The zero-order valence-electron chi connectivity index (χ0n) is 7.79. The zero-order chi connectivity index (χ0) is 9.52. The molecule has 13 heavy (non-hydrogen) atoms. The summed E-state index contributed by atoms with van der Waals surface area (Å²) in [5.74, 6) is 1.80. The highest BCUT2D eigenvalue weighted by atomic mass is 32.2. The number of carbonyl (C=O) groups is 1. The monoisotopic (exact) mass is 203 g/mol. The largest absolute Gasteiger partial charge is 0.481 e. The molecule has 1 rings (SSSR count). The van der Waals surface area contributed by atoms with Crippen LogP contribution in [-0.4, -0.2) is 35.2 Å². The topological polar surface area (TPSA) is 49.3 Å². The molecule has 0 aromatic carbocycles. The smallest absolute Gasteiger partial charge is 0.303 e. The van der Waals surface area contributed by atoms with Gasteiger partial charge in [0.15, 0.2) is 0 Å². The average Bonchev–Trinajstić information content (AvgIpc) is 2.14. The minimum atomic E-state index is -0.694. The van der Waals surface area contributed by atoms with E-state index in [1.165, 1.54) is 24.3 Å². The van der Waals surface area contributed by atoms with Gasteiger partial charge in [0.25, 0.3) is 0 Å². The summed E-state index contributed by atoms with van der Waals surface area (Å²) >= 11 is 2.01. The van der Waals surface area contributed by atoms with Crippen LogP contribution in [0.1, 0.15) is 25.7 Å². The summed E-state index contributed by atoms with van der Waals surface area (Å²) in [5, 5.41) is 11.8. The Morgan fingerprint density at radius 2 is 2.15 bits per heavy atom. The fourth-order valence-corrected chi connectivity index (χ4v) is 2.55. The van der Waals surface area contributed by atoms with Crippen molar-refractivity contribution in [3.05, 3.63) is 0 Å². The van der Waals surface area contributed by atoms with Gasteiger partial charge in [-0.25, -0.2) is 0 Å². The zero-order valence-corrected chi connectivity index (χ0v) is 8.61. The normalized spacial score (nSPS) is 18.8. The maximum Gasteiger partial charge on any atom is 0.303 e. The van der Waals surface area contributed by atoms with Gasteiger partial charge in [-0.3, -0.25) is 4.79 Å². The Morgan fingerprint density at radius 1 is 1.46 bits per heavy atom. The predicted molar refractivity (Wildman–Crippen MR) is 55.2 cm³/mol. The first-order chi connectivity index (χ1) is 6.29. The summed E-state index contributed by atoms with van der Waals surface area (Å²) in [7, 11) is 0. The molecule has 4 heteroatoms. The summed E-state index contributed by atoms with van der Waals surface area (Å²) in [6.07, 6.45) is 3.50. The van der Waals surface area contributed by atoms with Gasteiger partial charge in [-0.05, 0) is 37.3 Å². The molecule has 1 saturated heterocycles. The lowest BCUT2D eigenvalue weighted by Crippen LogP contribution is -2.33. The van der Waals surface area contributed by atoms with Gasteiger partial charge in [0, 0.05) is 12.5 Å². The molecule has 0 saturated carbocycles. The lowest BCUT2D eigenvalue weighted by Gasteiger charge is -2.22. The number of thioether (sulfide) groups is 1. The molecule has 1 fully saturated rings. The third-order valence-electron chi connectivity index (χ3n) is 2.22. The molecule has 76 valence electrons. The molecule has 0 atom stereocenters. The second-order valence-corrected chi connectivity index (χ2v) is 4.56. The molecule has 1 aliphatic heterocycles. The summed E-state index contributed by atoms with van der Waals surface area (Å²) in [6.45, 7) is 0.849. The molecule has 0 aromatic rings. The second-order valence-electron chi connectivity index (χ2n) is 3.34. The molecule has 0 amide bonds. The predicted octanol–water partition coefficient (Wildman–Crippen LogP) is 1.34. The number of carboxylic acids is 1. The Bertz CT molecular complexity index is 158. The minimum absolute atomic E-state index is 0.286. The Labute approximate surface area is 83.3 Å². The fraction of sp³-hybridized carbons (Fsp3) is 0.889. The van der Waals surface area contributed by atoms with Crippen molar-refractivity contribution < 1.29 is 9.90 Å². The minimum Gasteiger partial charge on any atom is -0.481 e. The van der Waals surface area contributed by atoms with E-state index in [1.54, 1.807) is 0 Å². The highest BCUT2D eigenvalue weighted by molar-refractivity contribution is 7.99. The SMILES string of the molecule is O=C(O)CCCNC1CCSCC1. The quantitative estimate of drug-likeness (QED) is 0.662. The van der Waals surface area contributed by atoms with Gasteiger partial charge in [0.1, 0.15) is 0 Å². The van der Waals surface area contributed by atoms with Gasteiger partial charge in [-0.1, -0.05) is 0 Å². The number of hydrogen-bond donors (Lipinski definition) is 2. The maximum absolute atomic E-state index is 10.2. The van der Waals surface area contributed by atoms with E-state index >= 15 is 0 Å². The molecule has 2 N–H and O–H groups in total. The van der Waals surface area contributed by atoms with Crippen LogP contribution in [0.4, 0.5) is 0 Å². The van der Waals surface area contributed by atoms with Gasteiger partial charge in [-0.15, -0.1) is 0 Å². The molecule has 1 heterocycles. The van der Waals surface area contributed by atoms with Crippen LogP contribution in [0.15, 0.2) is 0 Å². The van der Waals surface area contributed by atoms with E-state index in [9.17, 15) is 4.79 Å². The Balaban J connectivity index is 1.95. The molecule has 0 bridgehead atoms. The molecule has 1 aliphatic rings. The first-order valence-electron chi connectivity index (χ1n) is 4.82. The molecule has 0 unspecified atom stereocenters. The first-order valence-corrected chi connectivity index (χ1v) is 5.97. The highest BCUT2D eigenvalue weighted by Crippen LogP contribution is 2.16. The van der Waals surface area contributed by atoms with Crippen LogP contribution in [-0.2, 0) is 4.79 Å². The maximum atomic E-state index is 10.2. The standard InChI is InChI=1S/C9H17NO2S/c11-9(12)2-1-5-10-8-3-6-13-7-4-8/h8,10H,1-7H2,(H,11,12). The van der Waals surface area contributed by atoms with E-state index in [0.29, 0.717) is 6.04 Å². The Hall–Kier alpha value is -0.220. The summed E-state index contributed by atoms with van der Waals surface area (Å²) in [4.78, 5) is 10.2. The average molecular weight is 203 g/mol. The van der Waals surface area contributed by atoms with Gasteiger partial charge >= 0.3 is 5.97 Å². The first kappa shape index (κ1) is 10.9. The van der Waals surface area contributed by atoms with Crippen molar-refractivity contribution in [2.45, 2.75) is 31.7 Å². The third-order valence-corrected chi connectivity index (χ3v) is 3.27. The van der Waals surface area contributed by atoms with Gasteiger partial charge in [0.05, 0.1) is 0 Å². The fourth-order valence-electron chi connectivity index (χ4n) is 1.45. The number of nitrogens with one attached hydrogen (secondary N) is 1. The van der Waals surface area contributed by atoms with Crippen LogP contribution in [0.3, 0.4) is 0 Å². The molecular weight excluding hydrogens is 186 g/mol. The number of hydrogen-bond acceptors (Lipinski definition) is 3. The van der Waals surface area contributed by atoms with Crippen LogP contribution in [0.5, 0.6) is 0 Å². The number of rotatable bonds is 5. The molecule has 0 radical (unpaired) electrons. The van der Waals surface area contributed by atoms with Crippen molar-refractivity contribution >= 4 is 17.7 Å². The van der Waals surface area contributed by atoms with E-state index in [1.807, 2.05) is 11.8 Å². The van der Waals surface area contributed by atoms with Crippen LogP contribution in [0, 0.1) is 0 Å². The van der Waals surface area contributed by atoms with Crippen molar-refractivity contribution in [3.8, 4) is 0 Å². The van der Waals surface area contributed by atoms with E-state index in [-0.39, 0.29) is 6.42 Å². The Morgan fingerprint density at radius 3 is 2.77 bits per heavy atom. The highest BCUT2D eigenvalue weighted by Gasteiger charge is 2.12. The number of aliphatic carboxylic acids is 1. The van der Waals surface area contributed by atoms with Crippen molar-refractivity contribution in [3.63, 3.8) is 0 Å². The van der Waals surface area contributed by atoms with E-state index < -0.39 is 5.97 Å². The van der Waals surface area contributed by atoms with Crippen LogP contribution in [0.25, 0.3) is 0 Å². The van der Waals surface area contributed by atoms with Crippen molar-refractivity contribution in [2.24, 2.45) is 0 Å². The van der Waals surface area contributed by atoms with E-state index in [0.717, 1.165) is 13.0 Å². The summed E-state index contributed by atoms with van der Waals surface area (Å²) < 4.78 is 0. The lowest BCUT2D eigenvalue weighted by molar-refractivity contribution is -0.137. The second kappa shape index (κ2) is 6.27. The summed E-state index contributed by atoms with van der Waals surface area (Å²) in [5.41, 5.74) is 0. The third kappa shape index (κ3) is 5.16. The molecule has 0 aromatic heterocycles.